The zero-order valence-corrected chi connectivity index (χ0v) is 86.9. The highest BCUT2D eigenvalue weighted by atomic mass is 32.1. The Morgan fingerprint density at radius 2 is 0.735 bits per heavy atom. The molecular weight excluding hydrogens is 1910 g/mol. The number of aryl methyl sites for hydroxylation is 3. The van der Waals surface area contributed by atoms with Gasteiger partial charge in [0.05, 0.1) is 42.8 Å². The van der Waals surface area contributed by atoms with Crippen LogP contribution in [0.5, 0.6) is 0 Å². The average Bonchev–Trinajstić information content (AvgIpc) is 1.74. The highest BCUT2D eigenvalue weighted by Crippen LogP contribution is 2.50. The number of aromatic nitrogens is 3. The predicted octanol–water partition coefficient (Wildman–Crippen LogP) is 16.9. The lowest BCUT2D eigenvalue weighted by Crippen LogP contribution is -2.52. The topological polar surface area (TPSA) is 491 Å². The molecular formula is C112H129N15O18S2. The minimum atomic E-state index is -1.00. The zero-order valence-electron chi connectivity index (χ0n) is 85.3. The van der Waals surface area contributed by atoms with Gasteiger partial charge in [0.25, 0.3) is 35.4 Å². The van der Waals surface area contributed by atoms with Gasteiger partial charge < -0.3 is 77.2 Å². The van der Waals surface area contributed by atoms with E-state index in [1.165, 1.54) is 54.1 Å². The van der Waals surface area contributed by atoms with Crippen LogP contribution in [0.25, 0.3) is 4.85 Å². The molecule has 147 heavy (non-hydrogen) atoms. The lowest BCUT2D eigenvalue weighted by molar-refractivity contribution is -0.141. The smallest absolute Gasteiger partial charge is 0.313 e. The summed E-state index contributed by atoms with van der Waals surface area (Å²) in [5, 5.41) is 61.3. The molecule has 0 aliphatic carbocycles. The van der Waals surface area contributed by atoms with Crippen LogP contribution in [0.4, 0.5) is 5.00 Å². The normalized spacial score (nSPS) is 20.4. The van der Waals surface area contributed by atoms with Gasteiger partial charge in [0.15, 0.2) is 0 Å². The van der Waals surface area contributed by atoms with Crippen molar-refractivity contribution in [2.45, 2.75) is 182 Å². The Hall–Kier alpha value is -15.6. The molecule has 12 atom stereocenters. The number of amides is 6. The van der Waals surface area contributed by atoms with Crippen molar-refractivity contribution in [1.29, 1.82) is 0 Å². The summed E-state index contributed by atoms with van der Waals surface area (Å²) in [5.41, 5.74) is 28.8. The lowest BCUT2D eigenvalue weighted by Gasteiger charge is -2.41. The molecule has 0 fully saturated rings. The van der Waals surface area contributed by atoms with E-state index in [4.69, 9.17) is 36.0 Å². The molecule has 0 saturated carbocycles. The first-order chi connectivity index (χ1) is 70.0. The molecule has 6 aliphatic heterocycles. The third-order valence-corrected chi connectivity index (χ3v) is 27.1. The fourth-order valence-electron chi connectivity index (χ4n) is 19.9. The number of carbonyl (C=O) groups excluding carboxylic acids is 6. The van der Waals surface area contributed by atoms with Crippen LogP contribution in [0, 0.1) is 56.9 Å². The molecule has 6 amide bonds. The van der Waals surface area contributed by atoms with Gasteiger partial charge in [-0.25, -0.2) is 14.8 Å². The van der Waals surface area contributed by atoms with Crippen molar-refractivity contribution in [2.24, 2.45) is 56.8 Å². The van der Waals surface area contributed by atoms with Crippen molar-refractivity contribution in [1.82, 2.24) is 44.4 Å². The Labute approximate surface area is 865 Å². The van der Waals surface area contributed by atoms with E-state index in [-0.39, 0.29) is 65.0 Å². The summed E-state index contributed by atoms with van der Waals surface area (Å²) >= 11 is 6.25. The standard InChI is InChI=1S/C20H20N2O3S.2C19H25N3O3.C19H20N2O3.C18H19N3O3.C17H20N2O3S/c1-11(2)10-22-18(15-7-8-16(21-4)26-15)17(20(24)25)14-9-12(3)5-6-13(14)19(22)23;1-11(2)10-22-17(13(8-20)9-21-4)16(19(24)25)15-7-12(3)5-6-14(15)18(22)23;1-11(2)10-22-17(13(8-20)9-21-4)16(19(24)25)14-6-5-12(3)7-15(14)18(22)23;1-2-3-11-21-17(13-7-6-10-20-12-13)16(19(23)24)14-8-4-5-9-15(14)18(21)22;1-11(2)9-21-16(12-7-19-10-20-8-12)15(18(23)24)13-5-3-4-6-14(13)17(21)22;1-10(2)8-19-15(11(7-18)9-23)14(17(21)22)12-5-3-4-6-13(12)16(19)20/h5-9,11,17-18H,10H2,1-3H3,(H,24,25);2*5-9,11,16-17H,10,20H2,1-4H3,(H,24,25);4-10,12,16-17H,2-3,11H2,1H3,(H,23,24);3-8,10-11,15-16H,9H2,1-2H3,(H,23,24);3-7,9-10,14-15H,8,18H2,1-2H3,(H,21,22). The second-order valence-corrected chi connectivity index (χ2v) is 40.2. The van der Waals surface area contributed by atoms with Gasteiger partial charge in [-0.15, -0.1) is 0 Å². The van der Waals surface area contributed by atoms with E-state index >= 15 is 0 Å². The number of thiocarbonyl (C=S) groups is 1. The SMILES string of the molecule is CC(C)CN1C(=O)c2ccccc2C(C(=O)O)C1C(C=S)=CN.CC(C)CN1C(=O)c2ccccc2C(C(=O)O)C1c1cncnc1.CCCCN1C(=O)c2ccccc2C(C(=O)O)C1c1cccnc1.CN=CC(=CN)C1C(C(=O)O)c2cc(C)ccc2C(=O)N1CC(C)C.CN=CC(=CN)C1C(C(=O)O)c2ccc(C)cc2C(=O)N1CC(C)C.[C-]#[N+]c1ccc(C2C(C(=O)O)c3cc(C)ccc3C(=O)N2CC(C)C)s1. The van der Waals surface area contributed by atoms with Crippen LogP contribution < -0.4 is 17.2 Å². The van der Waals surface area contributed by atoms with E-state index in [1.807, 2.05) is 114 Å². The first kappa shape index (κ1) is 113. The van der Waals surface area contributed by atoms with Crippen molar-refractivity contribution in [3.63, 3.8) is 0 Å². The number of benzene rings is 6. The predicted molar refractivity (Wildman–Crippen MR) is 566 cm³/mol. The average molecular weight is 2040 g/mol. The molecule has 15 rings (SSSR count). The van der Waals surface area contributed by atoms with E-state index < -0.39 is 108 Å². The van der Waals surface area contributed by atoms with Crippen molar-refractivity contribution in [3.8, 4) is 0 Å². The summed E-state index contributed by atoms with van der Waals surface area (Å²) in [5.74, 6) is -10.9. The molecule has 9 heterocycles. The molecule has 3 aromatic heterocycles. The van der Waals surface area contributed by atoms with Gasteiger partial charge in [0, 0.05) is 175 Å². The number of hydrogen-bond donors (Lipinski definition) is 9. The lowest BCUT2D eigenvalue weighted by atomic mass is 9.79. The number of rotatable bonds is 28. The highest BCUT2D eigenvalue weighted by molar-refractivity contribution is 7.79. The molecule has 772 valence electrons. The minimum absolute atomic E-state index is 0.106. The van der Waals surface area contributed by atoms with Crippen molar-refractivity contribution >= 4 is 118 Å². The van der Waals surface area contributed by atoms with E-state index in [0.29, 0.717) is 133 Å². The summed E-state index contributed by atoms with van der Waals surface area (Å²) in [6, 6.07) is 40.1. The molecule has 9 aromatic rings. The minimum Gasteiger partial charge on any atom is -0.481 e. The fourth-order valence-corrected chi connectivity index (χ4v) is 21.1. The molecule has 6 aromatic carbocycles. The van der Waals surface area contributed by atoms with Crippen LogP contribution in [-0.4, -0.2) is 236 Å². The Bertz CT molecular complexity index is 6570. The van der Waals surface area contributed by atoms with E-state index in [0.717, 1.165) is 40.0 Å². The maximum absolute atomic E-state index is 13.2. The summed E-state index contributed by atoms with van der Waals surface area (Å²) < 4.78 is 0. The largest absolute Gasteiger partial charge is 0.481 e. The van der Waals surface area contributed by atoms with Gasteiger partial charge in [-0.3, -0.25) is 72.5 Å². The van der Waals surface area contributed by atoms with Gasteiger partial charge in [-0.05, 0) is 144 Å². The maximum atomic E-state index is 13.2. The molecule has 0 bridgehead atoms. The molecule has 6 aliphatic rings. The third-order valence-electron chi connectivity index (χ3n) is 25.8. The Morgan fingerprint density at radius 3 is 1.12 bits per heavy atom. The second-order valence-electron chi connectivity index (χ2n) is 38.8. The number of pyridine rings is 1. The van der Waals surface area contributed by atoms with Crippen LogP contribution in [0.1, 0.15) is 271 Å². The number of aliphatic carboxylic acids is 6. The third kappa shape index (κ3) is 25.7. The van der Waals surface area contributed by atoms with Crippen molar-refractivity contribution in [3.05, 3.63) is 329 Å². The summed E-state index contributed by atoms with van der Waals surface area (Å²) in [7, 11) is 3.18. The number of thiophene rings is 1. The van der Waals surface area contributed by atoms with Gasteiger partial charge >= 0.3 is 35.8 Å². The van der Waals surface area contributed by atoms with E-state index in [9.17, 15) is 88.2 Å². The van der Waals surface area contributed by atoms with Gasteiger partial charge in [0.1, 0.15) is 41.8 Å². The highest BCUT2D eigenvalue weighted by Gasteiger charge is 2.52. The number of carbonyl (C=O) groups is 12. The maximum Gasteiger partial charge on any atom is 0.313 e. The van der Waals surface area contributed by atoms with Gasteiger partial charge in [-0.2, -0.15) is 11.3 Å². The van der Waals surface area contributed by atoms with Gasteiger partial charge in [-0.1, -0.05) is 215 Å². The number of unbranched alkanes of at least 4 members (excludes halogenated alkanes) is 1. The Morgan fingerprint density at radius 1 is 0.401 bits per heavy atom. The van der Waals surface area contributed by atoms with Crippen LogP contribution in [0.15, 0.2) is 228 Å². The Balaban J connectivity index is 0.000000181. The fraction of sp³-hybridized carbons (Fsp3) is 0.366. The quantitative estimate of drug-likeness (QED) is 0.00951. The van der Waals surface area contributed by atoms with Crippen molar-refractivity contribution in [2.75, 3.05) is 53.4 Å². The summed E-state index contributed by atoms with van der Waals surface area (Å²) in [6.45, 7) is 37.6. The zero-order chi connectivity index (χ0) is 108. The summed E-state index contributed by atoms with van der Waals surface area (Å²) in [6.07, 6.45) is 16.7. The van der Waals surface area contributed by atoms with Crippen LogP contribution >= 0.6 is 23.6 Å². The number of fused-ring (bicyclic) bond motifs is 6. The van der Waals surface area contributed by atoms with E-state index in [2.05, 4.69) is 36.7 Å². The van der Waals surface area contributed by atoms with Gasteiger partial charge in [0.2, 0.25) is 5.00 Å². The molecule has 0 radical (unpaired) electrons. The first-order valence-corrected chi connectivity index (χ1v) is 49.8. The van der Waals surface area contributed by atoms with Crippen molar-refractivity contribution < 1.29 is 88.2 Å². The Kier molecular flexibility index (Phi) is 39.5. The van der Waals surface area contributed by atoms with E-state index in [1.54, 1.807) is 196 Å². The number of aliphatic imine (C=N–C) groups is 2. The molecule has 12 unspecified atom stereocenters. The first-order valence-electron chi connectivity index (χ1n) is 48.5. The molecule has 12 N–H and O–H groups in total. The number of nitrogens with two attached hydrogens (primary N) is 3. The van der Waals surface area contributed by atoms with Crippen LogP contribution in [0.2, 0.25) is 0 Å². The summed E-state index contributed by atoms with van der Waals surface area (Å²) in [4.78, 5) is 185. The number of nitrogens with zero attached hydrogens (tertiary/aromatic N) is 12. The molecule has 0 spiro atoms. The number of hydrogen-bond acceptors (Lipinski definition) is 22. The number of carboxylic acids is 6. The molecule has 33 nitrogen and oxygen atoms in total. The molecule has 35 heteroatoms. The second kappa shape index (κ2) is 51.3. The van der Waals surface area contributed by atoms with Crippen LogP contribution in [-0.2, 0) is 28.8 Å². The number of carboxylic acid groups (broad SMARTS) is 6. The monoisotopic (exact) mass is 2040 g/mol. The molecule has 0 saturated heterocycles. The van der Waals surface area contributed by atoms with Crippen LogP contribution in [0.3, 0.4) is 0 Å².